The lowest BCUT2D eigenvalue weighted by Gasteiger charge is -2.09. The summed E-state index contributed by atoms with van der Waals surface area (Å²) in [7, 11) is 0. The molecule has 0 saturated carbocycles. The Hall–Kier alpha value is -3.47. The number of carbonyl (C=O) groups is 1. The van der Waals surface area contributed by atoms with Crippen LogP contribution in [0.25, 0.3) is 16.8 Å². The van der Waals surface area contributed by atoms with Gasteiger partial charge in [-0.1, -0.05) is 49.4 Å². The molecular formula is C24H23N3O2. The Morgan fingerprint density at radius 3 is 2.48 bits per heavy atom. The summed E-state index contributed by atoms with van der Waals surface area (Å²) in [4.78, 5) is 16.3. The second-order valence-corrected chi connectivity index (χ2v) is 7.29. The zero-order valence-electron chi connectivity index (χ0n) is 16.8. The number of aromatic nitrogens is 3. The fourth-order valence-electron chi connectivity index (χ4n) is 3.79. The Kier molecular flexibility index (Phi) is 4.89. The summed E-state index contributed by atoms with van der Waals surface area (Å²) in [6, 6.07) is 17.2. The zero-order chi connectivity index (χ0) is 20.5. The van der Waals surface area contributed by atoms with Gasteiger partial charge in [0.2, 0.25) is 0 Å². The van der Waals surface area contributed by atoms with Crippen molar-refractivity contribution in [1.29, 1.82) is 0 Å². The monoisotopic (exact) mass is 385 g/mol. The van der Waals surface area contributed by atoms with E-state index in [0.29, 0.717) is 5.56 Å². The third-order valence-corrected chi connectivity index (χ3v) is 5.19. The minimum Gasteiger partial charge on any atom is -0.478 e. The van der Waals surface area contributed by atoms with Crippen molar-refractivity contribution in [2.45, 2.75) is 33.6 Å². The van der Waals surface area contributed by atoms with Crippen molar-refractivity contribution in [2.24, 2.45) is 0 Å². The quantitative estimate of drug-likeness (QED) is 0.532. The van der Waals surface area contributed by atoms with E-state index in [1.54, 1.807) is 12.1 Å². The molecule has 4 aromatic rings. The molecular weight excluding hydrogens is 362 g/mol. The number of fused-ring (bicyclic) bond motifs is 1. The number of rotatable bonds is 5. The van der Waals surface area contributed by atoms with Crippen molar-refractivity contribution < 1.29 is 9.90 Å². The Morgan fingerprint density at radius 2 is 1.79 bits per heavy atom. The number of aromatic carboxylic acids is 1. The first-order valence-electron chi connectivity index (χ1n) is 9.74. The molecule has 0 saturated heterocycles. The van der Waals surface area contributed by atoms with Crippen LogP contribution in [0.2, 0.25) is 0 Å². The average Bonchev–Trinajstić information content (AvgIpc) is 3.06. The first kappa shape index (κ1) is 18.9. The predicted octanol–water partition coefficient (Wildman–Crippen LogP) is 4.86. The fraction of sp³-hybridized carbons (Fsp3) is 0.208. The summed E-state index contributed by atoms with van der Waals surface area (Å²) in [6.45, 7) is 6.17. The highest BCUT2D eigenvalue weighted by molar-refractivity contribution is 5.95. The lowest BCUT2D eigenvalue weighted by Crippen LogP contribution is -2.03. The molecule has 0 fully saturated rings. The molecule has 2 heterocycles. The van der Waals surface area contributed by atoms with Crippen LogP contribution in [0.4, 0.5) is 0 Å². The van der Waals surface area contributed by atoms with Crippen LogP contribution < -0.4 is 0 Å². The van der Waals surface area contributed by atoms with E-state index >= 15 is 0 Å². The van der Waals surface area contributed by atoms with Gasteiger partial charge in [0.05, 0.1) is 22.6 Å². The molecule has 0 aliphatic rings. The molecule has 5 nitrogen and oxygen atoms in total. The molecule has 0 unspecified atom stereocenters. The number of carboxylic acid groups (broad SMARTS) is 1. The number of carboxylic acids is 1. The molecule has 0 bridgehead atoms. The minimum absolute atomic E-state index is 0.311. The topological polar surface area (TPSA) is 67.5 Å². The van der Waals surface area contributed by atoms with Crippen LogP contribution in [0.5, 0.6) is 0 Å². The molecule has 0 spiro atoms. The van der Waals surface area contributed by atoms with Crippen molar-refractivity contribution in [2.75, 3.05) is 0 Å². The highest BCUT2D eigenvalue weighted by Crippen LogP contribution is 2.25. The van der Waals surface area contributed by atoms with E-state index < -0.39 is 5.97 Å². The van der Waals surface area contributed by atoms with Gasteiger partial charge in [-0.2, -0.15) is 5.10 Å². The average molecular weight is 385 g/mol. The second-order valence-electron chi connectivity index (χ2n) is 7.29. The molecule has 2 aromatic carbocycles. The van der Waals surface area contributed by atoms with Crippen LogP contribution in [-0.2, 0) is 12.8 Å². The molecule has 2 aromatic heterocycles. The van der Waals surface area contributed by atoms with Gasteiger partial charge in [-0.05, 0) is 54.7 Å². The van der Waals surface area contributed by atoms with Gasteiger partial charge in [0.15, 0.2) is 5.65 Å². The number of benzene rings is 2. The first-order chi connectivity index (χ1) is 14.0. The highest BCUT2D eigenvalue weighted by Gasteiger charge is 2.15. The van der Waals surface area contributed by atoms with Gasteiger partial charge < -0.3 is 5.11 Å². The maximum atomic E-state index is 11.5. The van der Waals surface area contributed by atoms with E-state index in [4.69, 9.17) is 4.98 Å². The number of imidazole rings is 1. The lowest BCUT2D eigenvalue weighted by atomic mass is 9.97. The second kappa shape index (κ2) is 7.51. The van der Waals surface area contributed by atoms with Crippen molar-refractivity contribution >= 4 is 11.6 Å². The van der Waals surface area contributed by atoms with Crippen LogP contribution in [-0.4, -0.2) is 25.7 Å². The largest absolute Gasteiger partial charge is 0.478 e. The number of hydrogen-bond donors (Lipinski definition) is 1. The van der Waals surface area contributed by atoms with Crippen molar-refractivity contribution in [3.8, 4) is 11.1 Å². The van der Waals surface area contributed by atoms with Crippen LogP contribution in [0.1, 0.15) is 45.5 Å². The third-order valence-electron chi connectivity index (χ3n) is 5.19. The molecule has 0 radical (unpaired) electrons. The standard InChI is InChI=1S/C24H23N3O2/c1-4-21-22(27-23(25-21)15(2)13-16(3)26-27)14-17-9-11-18(12-10-17)19-7-5-6-8-20(19)24(28)29/h5-13H,4,14H2,1-3H3,(H,28,29). The van der Waals surface area contributed by atoms with E-state index in [1.807, 2.05) is 35.7 Å². The lowest BCUT2D eigenvalue weighted by molar-refractivity contribution is 0.0697. The fourth-order valence-corrected chi connectivity index (χ4v) is 3.79. The highest BCUT2D eigenvalue weighted by atomic mass is 16.4. The molecule has 0 amide bonds. The minimum atomic E-state index is -0.917. The Morgan fingerprint density at radius 1 is 1.07 bits per heavy atom. The molecule has 0 atom stereocenters. The molecule has 1 N–H and O–H groups in total. The number of hydrogen-bond acceptors (Lipinski definition) is 3. The van der Waals surface area contributed by atoms with Crippen molar-refractivity contribution in [3.05, 3.63) is 88.4 Å². The first-order valence-corrected chi connectivity index (χ1v) is 9.74. The van der Waals surface area contributed by atoms with Gasteiger partial charge in [-0.3, -0.25) is 0 Å². The summed E-state index contributed by atoms with van der Waals surface area (Å²) in [5.41, 5.74) is 8.24. The molecule has 0 aliphatic heterocycles. The Labute approximate surface area is 169 Å². The molecule has 5 heteroatoms. The van der Waals surface area contributed by atoms with Gasteiger partial charge in [0.25, 0.3) is 0 Å². The van der Waals surface area contributed by atoms with Crippen LogP contribution in [0.15, 0.2) is 54.6 Å². The summed E-state index contributed by atoms with van der Waals surface area (Å²) < 4.78 is 1.97. The molecule has 146 valence electrons. The van der Waals surface area contributed by atoms with E-state index in [2.05, 4.69) is 37.1 Å². The van der Waals surface area contributed by atoms with Crippen molar-refractivity contribution in [1.82, 2.24) is 14.6 Å². The van der Waals surface area contributed by atoms with E-state index in [9.17, 15) is 9.90 Å². The van der Waals surface area contributed by atoms with Gasteiger partial charge in [-0.15, -0.1) is 0 Å². The zero-order valence-corrected chi connectivity index (χ0v) is 16.8. The summed E-state index contributed by atoms with van der Waals surface area (Å²) in [5.74, 6) is -0.917. The summed E-state index contributed by atoms with van der Waals surface area (Å²) in [6.07, 6.45) is 1.57. The third kappa shape index (κ3) is 3.51. The maximum absolute atomic E-state index is 11.5. The Balaban J connectivity index is 1.71. The van der Waals surface area contributed by atoms with Crippen LogP contribution in [0, 0.1) is 13.8 Å². The summed E-state index contributed by atoms with van der Waals surface area (Å²) >= 11 is 0. The van der Waals surface area contributed by atoms with Crippen molar-refractivity contribution in [3.63, 3.8) is 0 Å². The van der Waals surface area contributed by atoms with Crippen LogP contribution >= 0.6 is 0 Å². The maximum Gasteiger partial charge on any atom is 0.336 e. The normalized spacial score (nSPS) is 11.1. The van der Waals surface area contributed by atoms with Gasteiger partial charge in [0.1, 0.15) is 0 Å². The molecule has 0 aliphatic carbocycles. The smallest absolute Gasteiger partial charge is 0.336 e. The SMILES string of the molecule is CCc1nc2c(C)cc(C)nn2c1Cc1ccc(-c2ccccc2C(=O)O)cc1. The van der Waals surface area contributed by atoms with E-state index in [0.717, 1.165) is 57.8 Å². The van der Waals surface area contributed by atoms with Crippen LogP contribution in [0.3, 0.4) is 0 Å². The Bertz CT molecular complexity index is 1210. The molecule has 29 heavy (non-hydrogen) atoms. The van der Waals surface area contributed by atoms with E-state index in [1.165, 1.54) is 0 Å². The predicted molar refractivity (Wildman–Crippen MR) is 113 cm³/mol. The number of aryl methyl sites for hydroxylation is 3. The number of nitrogens with zero attached hydrogens (tertiary/aromatic N) is 3. The molecule has 4 rings (SSSR count). The van der Waals surface area contributed by atoms with E-state index in [-0.39, 0.29) is 0 Å². The van der Waals surface area contributed by atoms with Gasteiger partial charge in [0, 0.05) is 6.42 Å². The van der Waals surface area contributed by atoms with Gasteiger partial charge in [-0.25, -0.2) is 14.3 Å². The summed E-state index contributed by atoms with van der Waals surface area (Å²) in [5, 5.41) is 14.1. The van der Waals surface area contributed by atoms with Gasteiger partial charge >= 0.3 is 5.97 Å².